The summed E-state index contributed by atoms with van der Waals surface area (Å²) >= 11 is 5.76. The highest BCUT2D eigenvalue weighted by Gasteiger charge is 1.93. The zero-order chi connectivity index (χ0) is 10.2. The van der Waals surface area contributed by atoms with Crippen LogP contribution in [0.1, 0.15) is 32.6 Å². The van der Waals surface area contributed by atoms with Crippen LogP contribution in [-0.2, 0) is 0 Å². The predicted octanol–water partition coefficient (Wildman–Crippen LogP) is 3.73. The van der Waals surface area contributed by atoms with Gasteiger partial charge in [0.05, 0.1) is 0 Å². The van der Waals surface area contributed by atoms with Crippen molar-refractivity contribution in [3.05, 3.63) is 23.4 Å². The Balaban J connectivity index is 2.18. The average molecular weight is 213 g/mol. The Morgan fingerprint density at radius 2 is 2.14 bits per heavy atom. The molecule has 78 valence electrons. The summed E-state index contributed by atoms with van der Waals surface area (Å²) in [6.45, 7) is 3.19. The van der Waals surface area contributed by atoms with Crippen molar-refractivity contribution in [2.75, 3.05) is 11.9 Å². The van der Waals surface area contributed by atoms with Crippen LogP contribution in [0.25, 0.3) is 0 Å². The summed E-state index contributed by atoms with van der Waals surface area (Å²) < 4.78 is 0. The molecule has 0 radical (unpaired) electrons. The number of nitrogens with zero attached hydrogens (tertiary/aromatic N) is 1. The molecule has 0 unspecified atom stereocenters. The van der Waals surface area contributed by atoms with E-state index in [1.165, 1.54) is 25.7 Å². The third kappa shape index (κ3) is 4.47. The lowest BCUT2D eigenvalue weighted by molar-refractivity contribution is 0.684. The molecule has 0 saturated heterocycles. The lowest BCUT2D eigenvalue weighted by atomic mass is 10.2. The molecule has 1 aromatic rings. The molecule has 0 bridgehead atoms. The smallest absolute Gasteiger partial charge is 0.131 e. The maximum atomic E-state index is 5.76. The van der Waals surface area contributed by atoms with Gasteiger partial charge in [0, 0.05) is 6.54 Å². The summed E-state index contributed by atoms with van der Waals surface area (Å²) in [5, 5.41) is 3.79. The summed E-state index contributed by atoms with van der Waals surface area (Å²) in [6.07, 6.45) is 5.06. The van der Waals surface area contributed by atoms with E-state index in [0.717, 1.165) is 12.4 Å². The van der Waals surface area contributed by atoms with Crippen molar-refractivity contribution in [3.63, 3.8) is 0 Å². The normalized spacial score (nSPS) is 10.1. The second-order valence-corrected chi connectivity index (χ2v) is 3.72. The number of rotatable bonds is 6. The van der Waals surface area contributed by atoms with E-state index in [0.29, 0.717) is 5.15 Å². The third-order valence-electron chi connectivity index (χ3n) is 2.05. The Hall–Kier alpha value is -0.760. The van der Waals surface area contributed by atoms with Crippen molar-refractivity contribution in [2.24, 2.45) is 0 Å². The van der Waals surface area contributed by atoms with E-state index in [1.54, 1.807) is 6.07 Å². The van der Waals surface area contributed by atoms with Crippen LogP contribution < -0.4 is 5.32 Å². The Morgan fingerprint density at radius 1 is 1.29 bits per heavy atom. The molecule has 14 heavy (non-hydrogen) atoms. The van der Waals surface area contributed by atoms with Crippen LogP contribution >= 0.6 is 11.6 Å². The predicted molar refractivity (Wildman–Crippen MR) is 61.9 cm³/mol. The highest BCUT2D eigenvalue weighted by Crippen LogP contribution is 2.09. The van der Waals surface area contributed by atoms with Gasteiger partial charge in [-0.1, -0.05) is 43.9 Å². The minimum Gasteiger partial charge on any atom is -0.370 e. The molecule has 0 aliphatic rings. The fourth-order valence-corrected chi connectivity index (χ4v) is 1.44. The second kappa shape index (κ2) is 6.66. The average Bonchev–Trinajstić information content (AvgIpc) is 2.18. The van der Waals surface area contributed by atoms with Gasteiger partial charge >= 0.3 is 0 Å². The number of nitrogens with one attached hydrogen (secondary N) is 1. The van der Waals surface area contributed by atoms with Gasteiger partial charge in [-0.05, 0) is 18.6 Å². The molecule has 2 nitrogen and oxygen atoms in total. The molecule has 0 aromatic carbocycles. The first-order valence-electron chi connectivity index (χ1n) is 5.19. The van der Waals surface area contributed by atoms with Crippen LogP contribution in [0.4, 0.5) is 5.82 Å². The number of aromatic nitrogens is 1. The monoisotopic (exact) mass is 212 g/mol. The van der Waals surface area contributed by atoms with Crippen molar-refractivity contribution < 1.29 is 0 Å². The van der Waals surface area contributed by atoms with Gasteiger partial charge in [-0.25, -0.2) is 4.98 Å². The summed E-state index contributed by atoms with van der Waals surface area (Å²) in [4.78, 5) is 4.15. The standard InChI is InChI=1S/C11H17ClN2/c1-2-3-4-5-9-13-11-8-6-7-10(12)14-11/h6-8H,2-5,9H2,1H3,(H,13,14). The first-order chi connectivity index (χ1) is 6.83. The van der Waals surface area contributed by atoms with Gasteiger partial charge in [0.1, 0.15) is 11.0 Å². The minimum atomic E-state index is 0.545. The Kier molecular flexibility index (Phi) is 5.38. The quantitative estimate of drug-likeness (QED) is 0.574. The lowest BCUT2D eigenvalue weighted by Gasteiger charge is -2.04. The fourth-order valence-electron chi connectivity index (χ4n) is 1.27. The number of hydrogen-bond acceptors (Lipinski definition) is 2. The Labute approximate surface area is 90.7 Å². The number of hydrogen-bond donors (Lipinski definition) is 1. The number of unbranched alkanes of at least 4 members (excludes halogenated alkanes) is 3. The van der Waals surface area contributed by atoms with Crippen LogP contribution in [0.3, 0.4) is 0 Å². The molecule has 0 spiro atoms. The molecular formula is C11H17ClN2. The molecule has 0 amide bonds. The Bertz CT molecular complexity index is 263. The number of anilines is 1. The first-order valence-corrected chi connectivity index (χ1v) is 5.57. The zero-order valence-electron chi connectivity index (χ0n) is 8.59. The van der Waals surface area contributed by atoms with Crippen LogP contribution in [0, 0.1) is 0 Å². The zero-order valence-corrected chi connectivity index (χ0v) is 9.35. The summed E-state index contributed by atoms with van der Waals surface area (Å²) in [5.74, 6) is 0.869. The topological polar surface area (TPSA) is 24.9 Å². The highest BCUT2D eigenvalue weighted by atomic mass is 35.5. The molecule has 3 heteroatoms. The van der Waals surface area contributed by atoms with E-state index in [9.17, 15) is 0 Å². The molecule has 0 atom stereocenters. The van der Waals surface area contributed by atoms with E-state index >= 15 is 0 Å². The molecular weight excluding hydrogens is 196 g/mol. The molecule has 0 aliphatic heterocycles. The SMILES string of the molecule is CCCCCCNc1cccc(Cl)n1. The molecule has 1 rings (SSSR count). The van der Waals surface area contributed by atoms with Gasteiger partial charge in [0.2, 0.25) is 0 Å². The number of pyridine rings is 1. The van der Waals surface area contributed by atoms with E-state index in [4.69, 9.17) is 11.6 Å². The van der Waals surface area contributed by atoms with Crippen molar-refractivity contribution in [3.8, 4) is 0 Å². The van der Waals surface area contributed by atoms with Crippen LogP contribution in [0.5, 0.6) is 0 Å². The molecule has 1 aromatic heterocycles. The molecule has 1 N–H and O–H groups in total. The summed E-state index contributed by atoms with van der Waals surface area (Å²) in [6, 6.07) is 5.62. The van der Waals surface area contributed by atoms with Crippen molar-refractivity contribution >= 4 is 17.4 Å². The van der Waals surface area contributed by atoms with Gasteiger partial charge in [0.15, 0.2) is 0 Å². The summed E-state index contributed by atoms with van der Waals surface area (Å²) in [7, 11) is 0. The van der Waals surface area contributed by atoms with Gasteiger partial charge in [-0.15, -0.1) is 0 Å². The first kappa shape index (κ1) is 11.3. The summed E-state index contributed by atoms with van der Waals surface area (Å²) in [5.41, 5.74) is 0. The maximum Gasteiger partial charge on any atom is 0.131 e. The van der Waals surface area contributed by atoms with E-state index in [1.807, 2.05) is 12.1 Å². The Morgan fingerprint density at radius 3 is 2.86 bits per heavy atom. The fraction of sp³-hybridized carbons (Fsp3) is 0.545. The molecule has 1 heterocycles. The second-order valence-electron chi connectivity index (χ2n) is 3.33. The largest absolute Gasteiger partial charge is 0.370 e. The van der Waals surface area contributed by atoms with Crippen molar-refractivity contribution in [1.29, 1.82) is 0 Å². The van der Waals surface area contributed by atoms with Gasteiger partial charge in [-0.2, -0.15) is 0 Å². The van der Waals surface area contributed by atoms with Crippen LogP contribution in [-0.4, -0.2) is 11.5 Å². The van der Waals surface area contributed by atoms with E-state index in [-0.39, 0.29) is 0 Å². The van der Waals surface area contributed by atoms with Crippen molar-refractivity contribution in [2.45, 2.75) is 32.6 Å². The van der Waals surface area contributed by atoms with Gasteiger partial charge in [0.25, 0.3) is 0 Å². The molecule has 0 aliphatic carbocycles. The maximum absolute atomic E-state index is 5.76. The van der Waals surface area contributed by atoms with E-state index < -0.39 is 0 Å². The van der Waals surface area contributed by atoms with Crippen molar-refractivity contribution in [1.82, 2.24) is 4.98 Å². The number of halogens is 1. The lowest BCUT2D eigenvalue weighted by Crippen LogP contribution is -2.02. The highest BCUT2D eigenvalue weighted by molar-refractivity contribution is 6.29. The van der Waals surface area contributed by atoms with Gasteiger partial charge < -0.3 is 5.32 Å². The minimum absolute atomic E-state index is 0.545. The third-order valence-corrected chi connectivity index (χ3v) is 2.26. The van der Waals surface area contributed by atoms with Crippen LogP contribution in [0.15, 0.2) is 18.2 Å². The van der Waals surface area contributed by atoms with Gasteiger partial charge in [-0.3, -0.25) is 0 Å². The molecule has 0 fully saturated rings. The van der Waals surface area contributed by atoms with Crippen LogP contribution in [0.2, 0.25) is 5.15 Å². The van der Waals surface area contributed by atoms with E-state index in [2.05, 4.69) is 17.2 Å². The molecule has 0 saturated carbocycles.